The van der Waals surface area contributed by atoms with Crippen molar-refractivity contribution in [3.63, 3.8) is 0 Å². The van der Waals surface area contributed by atoms with Crippen molar-refractivity contribution >= 4 is 5.91 Å². The highest BCUT2D eigenvalue weighted by Crippen LogP contribution is 2.48. The molecule has 130 valence electrons. The Labute approximate surface area is 149 Å². The van der Waals surface area contributed by atoms with Crippen LogP contribution in [0.5, 0.6) is 0 Å². The van der Waals surface area contributed by atoms with Crippen molar-refractivity contribution in [2.45, 2.75) is 45.6 Å². The molecular weight excluding hydrogens is 310 g/mol. The minimum absolute atomic E-state index is 0.148. The summed E-state index contributed by atoms with van der Waals surface area (Å²) in [5.41, 5.74) is 2.67. The Morgan fingerprint density at radius 2 is 2.00 bits per heavy atom. The van der Waals surface area contributed by atoms with Gasteiger partial charge in [0, 0.05) is 30.5 Å². The molecule has 1 saturated carbocycles. The summed E-state index contributed by atoms with van der Waals surface area (Å²) in [6, 6.07) is 8.19. The minimum atomic E-state index is 0.148. The number of rotatable bonds is 4. The van der Waals surface area contributed by atoms with Crippen molar-refractivity contribution < 1.29 is 4.79 Å². The van der Waals surface area contributed by atoms with Crippen molar-refractivity contribution in [3.05, 3.63) is 47.8 Å². The second-order valence-electron chi connectivity index (χ2n) is 7.51. The monoisotopic (exact) mass is 335 g/mol. The highest BCUT2D eigenvalue weighted by atomic mass is 16.2. The van der Waals surface area contributed by atoms with Crippen molar-refractivity contribution in [1.29, 1.82) is 0 Å². The normalized spacial score (nSPS) is 24.7. The molecule has 4 nitrogen and oxygen atoms in total. The number of carbonyl (C=O) groups excluding carboxylic acids is 1. The van der Waals surface area contributed by atoms with Crippen molar-refractivity contribution in [2.75, 3.05) is 6.54 Å². The Hall–Kier alpha value is -2.23. The number of likely N-dealkylation sites (tertiary alicyclic amines) is 1. The fourth-order valence-corrected chi connectivity index (χ4v) is 4.18. The van der Waals surface area contributed by atoms with Gasteiger partial charge in [0.15, 0.2) is 5.82 Å². The van der Waals surface area contributed by atoms with E-state index in [1.165, 1.54) is 12.8 Å². The average molecular weight is 335 g/mol. The Morgan fingerprint density at radius 1 is 1.20 bits per heavy atom. The number of amides is 1. The zero-order valence-corrected chi connectivity index (χ0v) is 15.0. The number of piperidine rings is 1. The maximum atomic E-state index is 13.5. The molecule has 0 spiro atoms. The summed E-state index contributed by atoms with van der Waals surface area (Å²) < 4.78 is 0. The van der Waals surface area contributed by atoms with E-state index in [1.807, 2.05) is 25.1 Å². The van der Waals surface area contributed by atoms with Crippen LogP contribution in [0.4, 0.5) is 0 Å². The number of fused-ring (bicyclic) bond motifs is 1. The highest BCUT2D eigenvalue weighted by Gasteiger charge is 2.46. The van der Waals surface area contributed by atoms with E-state index in [0.29, 0.717) is 11.9 Å². The van der Waals surface area contributed by atoms with E-state index >= 15 is 0 Å². The summed E-state index contributed by atoms with van der Waals surface area (Å²) in [7, 11) is 0. The van der Waals surface area contributed by atoms with Gasteiger partial charge in [-0.15, -0.1) is 0 Å². The molecule has 3 unspecified atom stereocenters. The third-order valence-electron chi connectivity index (χ3n) is 5.61. The van der Waals surface area contributed by atoms with E-state index in [2.05, 4.69) is 21.8 Å². The molecule has 4 rings (SSSR count). The lowest BCUT2D eigenvalue weighted by atomic mass is 9.95. The van der Waals surface area contributed by atoms with Crippen LogP contribution >= 0.6 is 0 Å². The van der Waals surface area contributed by atoms with Gasteiger partial charge in [0.1, 0.15) is 0 Å². The van der Waals surface area contributed by atoms with E-state index < -0.39 is 0 Å². The Bertz CT molecular complexity index is 774. The highest BCUT2D eigenvalue weighted by molar-refractivity contribution is 6.00. The largest absolute Gasteiger partial charge is 0.335 e. The number of aryl methyl sites for hydroxylation is 1. The van der Waals surface area contributed by atoms with Gasteiger partial charge in [-0.1, -0.05) is 31.0 Å². The molecule has 25 heavy (non-hydrogen) atoms. The molecular formula is C21H25N3O. The second-order valence-corrected chi connectivity index (χ2v) is 7.51. The lowest BCUT2D eigenvalue weighted by molar-refractivity contribution is 0.0588. The molecule has 0 N–H and O–H groups in total. The fraction of sp³-hybridized carbons (Fsp3) is 0.476. The number of nitrogens with zero attached hydrogens (tertiary/aromatic N) is 3. The summed E-state index contributed by atoms with van der Waals surface area (Å²) in [6.07, 6.45) is 8.14. The van der Waals surface area contributed by atoms with Gasteiger partial charge >= 0.3 is 0 Å². The fourth-order valence-electron chi connectivity index (χ4n) is 4.18. The molecule has 1 aliphatic carbocycles. The van der Waals surface area contributed by atoms with E-state index in [9.17, 15) is 4.79 Å². The van der Waals surface area contributed by atoms with Crippen LogP contribution in [-0.2, 0) is 0 Å². The quantitative estimate of drug-likeness (QED) is 0.845. The summed E-state index contributed by atoms with van der Waals surface area (Å²) >= 11 is 0. The second kappa shape index (κ2) is 6.58. The minimum Gasteiger partial charge on any atom is -0.335 e. The van der Waals surface area contributed by atoms with Gasteiger partial charge < -0.3 is 4.90 Å². The third-order valence-corrected chi connectivity index (χ3v) is 5.61. The maximum Gasteiger partial charge on any atom is 0.254 e. The van der Waals surface area contributed by atoms with Crippen LogP contribution < -0.4 is 0 Å². The SMILES string of the molecule is CCCC1CC2CC2CN1C(=O)c1cc(C)ccc1-c1ncccn1. The van der Waals surface area contributed by atoms with E-state index in [0.717, 1.165) is 47.9 Å². The molecule has 2 aromatic rings. The van der Waals surface area contributed by atoms with Crippen LogP contribution in [0.25, 0.3) is 11.4 Å². The average Bonchev–Trinajstić information content (AvgIpc) is 3.40. The number of hydrogen-bond donors (Lipinski definition) is 0. The zero-order valence-electron chi connectivity index (χ0n) is 15.0. The molecule has 3 atom stereocenters. The van der Waals surface area contributed by atoms with Crippen LogP contribution in [-0.4, -0.2) is 33.4 Å². The molecule has 1 amide bonds. The first-order valence-corrected chi connectivity index (χ1v) is 9.36. The van der Waals surface area contributed by atoms with Crippen LogP contribution in [0.3, 0.4) is 0 Å². The summed E-state index contributed by atoms with van der Waals surface area (Å²) in [5.74, 6) is 2.35. The molecule has 4 heteroatoms. The molecule has 2 heterocycles. The van der Waals surface area contributed by atoms with Gasteiger partial charge in [-0.05, 0) is 50.2 Å². The van der Waals surface area contributed by atoms with Gasteiger partial charge in [0.25, 0.3) is 5.91 Å². The van der Waals surface area contributed by atoms with Gasteiger partial charge in [-0.3, -0.25) is 4.79 Å². The number of benzene rings is 1. The predicted molar refractivity (Wildman–Crippen MR) is 98.2 cm³/mol. The number of carbonyl (C=O) groups is 1. The van der Waals surface area contributed by atoms with E-state index in [4.69, 9.17) is 0 Å². The van der Waals surface area contributed by atoms with Crippen molar-refractivity contribution in [3.8, 4) is 11.4 Å². The number of hydrogen-bond acceptors (Lipinski definition) is 3. The Balaban J connectivity index is 1.70. The summed E-state index contributed by atoms with van der Waals surface area (Å²) in [5, 5.41) is 0. The first-order chi connectivity index (χ1) is 12.2. The predicted octanol–water partition coefficient (Wildman–Crippen LogP) is 4.10. The third kappa shape index (κ3) is 3.17. The van der Waals surface area contributed by atoms with Crippen LogP contribution in [0, 0.1) is 18.8 Å². The Morgan fingerprint density at radius 3 is 2.76 bits per heavy atom. The van der Waals surface area contributed by atoms with Gasteiger partial charge in [0.05, 0.1) is 5.56 Å². The van der Waals surface area contributed by atoms with Gasteiger partial charge in [-0.25, -0.2) is 9.97 Å². The molecule has 0 radical (unpaired) electrons. The maximum absolute atomic E-state index is 13.5. The van der Waals surface area contributed by atoms with Crippen molar-refractivity contribution in [1.82, 2.24) is 14.9 Å². The van der Waals surface area contributed by atoms with Crippen LogP contribution in [0.15, 0.2) is 36.7 Å². The number of aromatic nitrogens is 2. The molecule has 1 aromatic carbocycles. The van der Waals surface area contributed by atoms with Crippen LogP contribution in [0.1, 0.15) is 48.5 Å². The van der Waals surface area contributed by atoms with Crippen LogP contribution in [0.2, 0.25) is 0 Å². The molecule has 1 saturated heterocycles. The lowest BCUT2D eigenvalue weighted by Gasteiger charge is -2.36. The molecule has 2 fully saturated rings. The van der Waals surface area contributed by atoms with E-state index in [1.54, 1.807) is 18.5 Å². The van der Waals surface area contributed by atoms with Gasteiger partial charge in [0.2, 0.25) is 0 Å². The Kier molecular flexibility index (Phi) is 4.28. The zero-order chi connectivity index (χ0) is 17.4. The smallest absolute Gasteiger partial charge is 0.254 e. The topological polar surface area (TPSA) is 46.1 Å². The first-order valence-electron chi connectivity index (χ1n) is 9.36. The summed E-state index contributed by atoms with van der Waals surface area (Å²) in [4.78, 5) is 24.3. The summed E-state index contributed by atoms with van der Waals surface area (Å²) in [6.45, 7) is 5.15. The molecule has 0 bridgehead atoms. The van der Waals surface area contributed by atoms with Gasteiger partial charge in [-0.2, -0.15) is 0 Å². The molecule has 2 aliphatic rings. The molecule has 1 aliphatic heterocycles. The lowest BCUT2D eigenvalue weighted by Crippen LogP contribution is -2.45. The standard InChI is InChI=1S/C21H25N3O/c1-3-5-17-12-15-11-16(15)13-24(17)21(25)19-10-14(2)6-7-18(19)20-22-8-4-9-23-20/h4,6-10,15-17H,3,5,11-13H2,1-2H3. The molecule has 1 aromatic heterocycles. The van der Waals surface area contributed by atoms with E-state index in [-0.39, 0.29) is 5.91 Å². The first kappa shape index (κ1) is 16.2. The van der Waals surface area contributed by atoms with Crippen molar-refractivity contribution in [2.24, 2.45) is 11.8 Å².